The van der Waals surface area contributed by atoms with Crippen molar-refractivity contribution in [2.45, 2.75) is 26.3 Å². The summed E-state index contributed by atoms with van der Waals surface area (Å²) < 4.78 is 13.1. The van der Waals surface area contributed by atoms with E-state index in [0.29, 0.717) is 12.0 Å². The largest absolute Gasteiger partial charge is 0.206 e. The first-order valence-corrected chi connectivity index (χ1v) is 5.32. The molecule has 0 heterocycles. The Kier molecular flexibility index (Phi) is 4.53. The molecular formula is C13H13FN2O. The lowest BCUT2D eigenvalue weighted by molar-refractivity contribution is 0.624. The third-order valence-corrected chi connectivity index (χ3v) is 2.54. The van der Waals surface area contributed by atoms with E-state index < -0.39 is 5.82 Å². The van der Waals surface area contributed by atoms with E-state index in [1.807, 2.05) is 6.92 Å². The number of hydrogen-bond donors (Lipinski definition) is 0. The number of benzene rings is 1. The molecule has 0 aliphatic rings. The molecule has 17 heavy (non-hydrogen) atoms. The average Bonchev–Trinajstić information content (AvgIpc) is 2.33. The molecule has 0 saturated carbocycles. The smallest absolute Gasteiger partial charge is 0.140 e. The quantitative estimate of drug-likeness (QED) is 0.744. The highest BCUT2D eigenvalue weighted by atomic mass is 19.1. The van der Waals surface area contributed by atoms with Crippen molar-refractivity contribution in [1.82, 2.24) is 0 Å². The fourth-order valence-electron chi connectivity index (χ4n) is 1.56. The monoisotopic (exact) mass is 232 g/mol. The summed E-state index contributed by atoms with van der Waals surface area (Å²) in [5.41, 5.74) is 1.50. The summed E-state index contributed by atoms with van der Waals surface area (Å²) in [7, 11) is 0. The first-order chi connectivity index (χ1) is 8.12. The highest BCUT2D eigenvalue weighted by Gasteiger charge is 2.08. The first-order valence-electron chi connectivity index (χ1n) is 5.32. The summed E-state index contributed by atoms with van der Waals surface area (Å²) in [6.45, 7) is 3.67. The van der Waals surface area contributed by atoms with Gasteiger partial charge in [-0.05, 0) is 36.6 Å². The Morgan fingerprint density at radius 2 is 2.35 bits per heavy atom. The molecule has 1 aromatic rings. The van der Waals surface area contributed by atoms with Crippen molar-refractivity contribution in [3.63, 3.8) is 0 Å². The molecule has 1 aromatic carbocycles. The van der Waals surface area contributed by atoms with E-state index in [4.69, 9.17) is 5.26 Å². The van der Waals surface area contributed by atoms with Gasteiger partial charge in [0.2, 0.25) is 0 Å². The molecule has 0 saturated heterocycles. The van der Waals surface area contributed by atoms with Crippen LogP contribution in [0.4, 0.5) is 4.39 Å². The number of hydrogen-bond acceptors (Lipinski definition) is 3. The van der Waals surface area contributed by atoms with Crippen molar-refractivity contribution in [3.8, 4) is 6.07 Å². The van der Waals surface area contributed by atoms with Crippen LogP contribution in [0.25, 0.3) is 6.08 Å². The second-order valence-electron chi connectivity index (χ2n) is 3.77. The average molecular weight is 232 g/mol. The Balaban J connectivity index is 3.06. The summed E-state index contributed by atoms with van der Waals surface area (Å²) in [6, 6.07) is 5.67. The fourth-order valence-corrected chi connectivity index (χ4v) is 1.56. The molecule has 4 heteroatoms. The van der Waals surface area contributed by atoms with Gasteiger partial charge < -0.3 is 0 Å². The highest BCUT2D eigenvalue weighted by Crippen LogP contribution is 2.16. The van der Waals surface area contributed by atoms with Gasteiger partial charge in [-0.2, -0.15) is 10.2 Å². The lowest BCUT2D eigenvalue weighted by atomic mass is 10.0. The van der Waals surface area contributed by atoms with Crippen LogP contribution >= 0.6 is 0 Å². The summed E-state index contributed by atoms with van der Waals surface area (Å²) in [6.07, 6.45) is 2.37. The van der Waals surface area contributed by atoms with Crippen LogP contribution in [0.15, 0.2) is 28.9 Å². The third-order valence-electron chi connectivity index (χ3n) is 2.54. The van der Waals surface area contributed by atoms with Crippen LogP contribution in [0.2, 0.25) is 0 Å². The van der Waals surface area contributed by atoms with Crippen molar-refractivity contribution in [2.75, 3.05) is 0 Å². The van der Waals surface area contributed by atoms with Crippen molar-refractivity contribution in [1.29, 1.82) is 5.26 Å². The minimum Gasteiger partial charge on any atom is -0.206 e. The molecule has 0 spiro atoms. The third kappa shape index (κ3) is 3.22. The predicted octanol–water partition coefficient (Wildman–Crippen LogP) is 3.65. The number of halogens is 1. The van der Waals surface area contributed by atoms with Crippen LogP contribution in [0, 0.1) is 22.1 Å². The zero-order chi connectivity index (χ0) is 12.8. The Bertz CT molecular complexity index is 489. The van der Waals surface area contributed by atoms with Crippen LogP contribution in [-0.4, -0.2) is 6.04 Å². The molecule has 0 amide bonds. The van der Waals surface area contributed by atoms with Gasteiger partial charge in [0, 0.05) is 0 Å². The molecular weight excluding hydrogens is 219 g/mol. The zero-order valence-corrected chi connectivity index (χ0v) is 9.77. The zero-order valence-electron chi connectivity index (χ0n) is 9.77. The van der Waals surface area contributed by atoms with Gasteiger partial charge in [-0.1, -0.05) is 24.2 Å². The molecule has 3 nitrogen and oxygen atoms in total. The lowest BCUT2D eigenvalue weighted by Gasteiger charge is -2.06. The first kappa shape index (κ1) is 13.0. The van der Waals surface area contributed by atoms with Crippen molar-refractivity contribution >= 4 is 6.08 Å². The number of nitriles is 1. The van der Waals surface area contributed by atoms with Gasteiger partial charge in [-0.25, -0.2) is 4.39 Å². The van der Waals surface area contributed by atoms with E-state index in [1.165, 1.54) is 12.1 Å². The number of nitrogens with zero attached hydrogens (tertiary/aromatic N) is 2. The van der Waals surface area contributed by atoms with Crippen LogP contribution < -0.4 is 0 Å². The van der Waals surface area contributed by atoms with Crippen LogP contribution in [0.5, 0.6) is 0 Å². The molecule has 1 unspecified atom stereocenters. The molecule has 1 rings (SSSR count). The van der Waals surface area contributed by atoms with Gasteiger partial charge in [0.25, 0.3) is 0 Å². The minimum atomic E-state index is -0.539. The Hall–Kier alpha value is -2.02. The topological polar surface area (TPSA) is 53.2 Å². The predicted molar refractivity (Wildman–Crippen MR) is 64.6 cm³/mol. The maximum atomic E-state index is 13.1. The molecule has 0 bridgehead atoms. The van der Waals surface area contributed by atoms with Gasteiger partial charge in [-0.15, -0.1) is 0 Å². The maximum Gasteiger partial charge on any atom is 0.140 e. The molecule has 0 N–H and O–H groups in total. The second kappa shape index (κ2) is 5.90. The van der Waals surface area contributed by atoms with E-state index in [2.05, 4.69) is 5.18 Å². The Morgan fingerprint density at radius 1 is 1.65 bits per heavy atom. The molecule has 1 atom stereocenters. The molecule has 0 fully saturated rings. The van der Waals surface area contributed by atoms with Gasteiger partial charge in [0.05, 0.1) is 5.56 Å². The van der Waals surface area contributed by atoms with Crippen molar-refractivity contribution in [3.05, 3.63) is 45.6 Å². The number of nitroso groups, excluding NO2 is 1. The van der Waals surface area contributed by atoms with E-state index >= 15 is 0 Å². The van der Waals surface area contributed by atoms with E-state index in [0.717, 1.165) is 5.57 Å². The van der Waals surface area contributed by atoms with E-state index in [1.54, 1.807) is 25.1 Å². The van der Waals surface area contributed by atoms with E-state index in [9.17, 15) is 9.30 Å². The lowest BCUT2D eigenvalue weighted by Crippen LogP contribution is -2.02. The molecule has 0 radical (unpaired) electrons. The standard InChI is InChI=1S/C13H13FN2O/c1-3-13(16-17)9(2)6-10-4-5-12(14)11(7-10)8-15/h4-7,13H,3H2,1-2H3. The van der Waals surface area contributed by atoms with Crippen LogP contribution in [-0.2, 0) is 0 Å². The number of rotatable bonds is 4. The van der Waals surface area contributed by atoms with Gasteiger partial charge in [0.1, 0.15) is 17.9 Å². The molecule has 0 aliphatic heterocycles. The SMILES string of the molecule is CCC(N=O)C(C)=Cc1ccc(F)c(C#N)c1. The molecule has 0 aromatic heterocycles. The summed E-state index contributed by atoms with van der Waals surface area (Å²) in [4.78, 5) is 10.5. The fraction of sp³-hybridized carbons (Fsp3) is 0.308. The van der Waals surface area contributed by atoms with Gasteiger partial charge >= 0.3 is 0 Å². The van der Waals surface area contributed by atoms with Crippen LogP contribution in [0.1, 0.15) is 31.4 Å². The normalized spacial score (nSPS) is 12.9. The van der Waals surface area contributed by atoms with Crippen molar-refractivity contribution in [2.24, 2.45) is 5.18 Å². The molecule has 88 valence electrons. The summed E-state index contributed by atoms with van der Waals surface area (Å²) in [5.74, 6) is -0.539. The highest BCUT2D eigenvalue weighted by molar-refractivity contribution is 5.56. The second-order valence-corrected chi connectivity index (χ2v) is 3.77. The Morgan fingerprint density at radius 3 is 2.88 bits per heavy atom. The Labute approximate surface area is 99.5 Å². The summed E-state index contributed by atoms with van der Waals surface area (Å²) in [5, 5.41) is 11.7. The van der Waals surface area contributed by atoms with Crippen LogP contribution in [0.3, 0.4) is 0 Å². The molecule has 0 aliphatic carbocycles. The minimum absolute atomic E-state index is 0.00124. The van der Waals surface area contributed by atoms with E-state index in [-0.39, 0.29) is 11.6 Å². The summed E-state index contributed by atoms with van der Waals surface area (Å²) >= 11 is 0. The maximum absolute atomic E-state index is 13.1. The van der Waals surface area contributed by atoms with Gasteiger partial charge in [-0.3, -0.25) is 0 Å². The van der Waals surface area contributed by atoms with Crippen molar-refractivity contribution < 1.29 is 4.39 Å². The van der Waals surface area contributed by atoms with Gasteiger partial charge in [0.15, 0.2) is 0 Å².